The van der Waals surface area contributed by atoms with E-state index in [9.17, 15) is 27.6 Å². The van der Waals surface area contributed by atoms with Gasteiger partial charge in [0.25, 0.3) is 5.91 Å². The number of pyridine rings is 2. The number of fused-ring (bicyclic) bond motifs is 2. The second kappa shape index (κ2) is 8.81. The minimum absolute atomic E-state index is 0.0511. The maximum atomic E-state index is 13.9. The van der Waals surface area contributed by atoms with Crippen LogP contribution in [0.2, 0.25) is 0 Å². The molecule has 3 aromatic rings. The third kappa shape index (κ3) is 4.02. The fourth-order valence-electron chi connectivity index (χ4n) is 6.17. The molecule has 3 aromatic heterocycles. The molecule has 1 saturated carbocycles. The van der Waals surface area contributed by atoms with Crippen molar-refractivity contribution in [2.24, 2.45) is 28.9 Å². The quantitative estimate of drug-likeness (QED) is 0.469. The lowest BCUT2D eigenvalue weighted by atomic mass is 9.99. The highest BCUT2D eigenvalue weighted by Gasteiger charge is 2.72. The summed E-state index contributed by atoms with van der Waals surface area (Å²) in [6.07, 6.45) is -3.26. The van der Waals surface area contributed by atoms with Crippen molar-refractivity contribution in [3.63, 3.8) is 0 Å². The van der Waals surface area contributed by atoms with Crippen LogP contribution in [-0.2, 0) is 22.3 Å². The number of hydrogen-bond acceptors (Lipinski definition) is 7. The summed E-state index contributed by atoms with van der Waals surface area (Å²) < 4.78 is 42.1. The second-order valence-corrected chi connectivity index (χ2v) is 12.9. The maximum absolute atomic E-state index is 13.9. The van der Waals surface area contributed by atoms with Crippen molar-refractivity contribution in [2.75, 3.05) is 13.1 Å². The third-order valence-corrected chi connectivity index (χ3v) is 9.74. The first-order chi connectivity index (χ1) is 18.7. The molecular weight excluding hydrogens is 543 g/mol. The highest BCUT2D eigenvalue weighted by atomic mass is 32.1. The lowest BCUT2D eigenvalue weighted by Gasteiger charge is -2.21. The first-order valence-corrected chi connectivity index (χ1v) is 13.9. The van der Waals surface area contributed by atoms with E-state index in [1.54, 1.807) is 17.0 Å². The molecular formula is C28H28F3N5O3S. The van der Waals surface area contributed by atoms with E-state index in [-0.39, 0.29) is 64.4 Å². The molecule has 5 heterocycles. The van der Waals surface area contributed by atoms with Crippen LogP contribution in [0.4, 0.5) is 13.2 Å². The number of likely N-dealkylation sites (tertiary alicyclic amines) is 2. The minimum atomic E-state index is -4.72. The van der Waals surface area contributed by atoms with E-state index in [2.05, 4.69) is 9.97 Å². The van der Waals surface area contributed by atoms with Crippen molar-refractivity contribution >= 4 is 39.3 Å². The van der Waals surface area contributed by atoms with Crippen LogP contribution >= 0.6 is 11.3 Å². The number of alkyl halides is 3. The number of thiophene rings is 1. The number of carbonyl (C=O) groups is 3. The number of carbonyl (C=O) groups excluding carboxylic acids is 3. The molecule has 2 N–H and O–H groups in total. The zero-order chi connectivity index (χ0) is 28.9. The number of rotatable bonds is 4. The Morgan fingerprint density at radius 3 is 2.45 bits per heavy atom. The summed E-state index contributed by atoms with van der Waals surface area (Å²) in [7, 11) is 0. The van der Waals surface area contributed by atoms with Crippen LogP contribution in [0.3, 0.4) is 0 Å². The standard InChI is InChI=1S/C28H28F3N5O3S/c1-12-7-18(28(29,30)31)34-22(19(12)24(37)35-9-13(2)16(32)11-35)15-5-6-33-17-8-14(40-23(15)17)10-36-25(38)20-21(26(36)39)27(20,3)4/h5-8,13,16,20-21H,9-11,32H2,1-4H3/t13-,16-,20?,21?/m1/s1. The Labute approximate surface area is 232 Å². The van der Waals surface area contributed by atoms with Crippen LogP contribution in [0.15, 0.2) is 24.4 Å². The topological polar surface area (TPSA) is 109 Å². The van der Waals surface area contributed by atoms with Crippen molar-refractivity contribution in [3.8, 4) is 11.3 Å². The molecule has 40 heavy (non-hydrogen) atoms. The number of amides is 3. The minimum Gasteiger partial charge on any atom is -0.337 e. The number of halogens is 3. The smallest absolute Gasteiger partial charge is 0.337 e. The number of piperidine rings is 1. The molecule has 2 unspecified atom stereocenters. The monoisotopic (exact) mass is 571 g/mol. The van der Waals surface area contributed by atoms with Gasteiger partial charge in [-0.25, -0.2) is 4.98 Å². The van der Waals surface area contributed by atoms with E-state index in [4.69, 9.17) is 5.73 Å². The Morgan fingerprint density at radius 1 is 1.18 bits per heavy atom. The van der Waals surface area contributed by atoms with Gasteiger partial charge in [-0.2, -0.15) is 13.2 Å². The molecule has 0 spiro atoms. The highest BCUT2D eigenvalue weighted by molar-refractivity contribution is 7.19. The van der Waals surface area contributed by atoms with Gasteiger partial charge in [0.1, 0.15) is 5.69 Å². The van der Waals surface area contributed by atoms with Gasteiger partial charge in [-0.1, -0.05) is 20.8 Å². The van der Waals surface area contributed by atoms with Crippen molar-refractivity contribution < 1.29 is 27.6 Å². The largest absolute Gasteiger partial charge is 0.433 e. The Balaban J connectivity index is 1.43. The molecule has 8 nitrogen and oxygen atoms in total. The van der Waals surface area contributed by atoms with Gasteiger partial charge in [0, 0.05) is 35.8 Å². The van der Waals surface area contributed by atoms with Gasteiger partial charge in [-0.05, 0) is 42.0 Å². The summed E-state index contributed by atoms with van der Waals surface area (Å²) >= 11 is 1.22. The highest BCUT2D eigenvalue weighted by Crippen LogP contribution is 2.63. The normalized spacial score (nSPS) is 25.7. The Bertz CT molecular complexity index is 1570. The van der Waals surface area contributed by atoms with Crippen LogP contribution in [-0.4, -0.2) is 56.6 Å². The van der Waals surface area contributed by atoms with Crippen molar-refractivity contribution in [1.82, 2.24) is 19.8 Å². The molecule has 0 aromatic carbocycles. The molecule has 4 atom stereocenters. The van der Waals surface area contributed by atoms with E-state index >= 15 is 0 Å². The van der Waals surface area contributed by atoms with Crippen LogP contribution in [0.5, 0.6) is 0 Å². The predicted molar refractivity (Wildman–Crippen MR) is 142 cm³/mol. The Kier molecular flexibility index (Phi) is 5.91. The first kappa shape index (κ1) is 26.8. The van der Waals surface area contributed by atoms with Gasteiger partial charge < -0.3 is 10.6 Å². The average Bonchev–Trinajstić information content (AvgIpc) is 3.17. The van der Waals surface area contributed by atoms with E-state index in [1.807, 2.05) is 20.8 Å². The van der Waals surface area contributed by atoms with Gasteiger partial charge in [0.2, 0.25) is 11.8 Å². The van der Waals surface area contributed by atoms with Gasteiger partial charge >= 0.3 is 6.18 Å². The summed E-state index contributed by atoms with van der Waals surface area (Å²) in [6, 6.07) is 3.94. The van der Waals surface area contributed by atoms with Gasteiger partial charge in [0.15, 0.2) is 0 Å². The Hall–Kier alpha value is -3.38. The molecule has 0 radical (unpaired) electrons. The fourth-order valence-corrected chi connectivity index (χ4v) is 7.28. The summed E-state index contributed by atoms with van der Waals surface area (Å²) in [4.78, 5) is 51.3. The SMILES string of the molecule is Cc1cc(C(F)(F)F)nc(-c2ccnc3cc(CN4C(=O)C5C(C4=O)C5(C)C)sc23)c1C(=O)N1C[C@@H](C)[C@H](N)C1. The average molecular weight is 572 g/mol. The summed E-state index contributed by atoms with van der Waals surface area (Å²) in [5.41, 5.74) is 5.68. The molecule has 6 rings (SSSR count). The van der Waals surface area contributed by atoms with Gasteiger partial charge in [-0.3, -0.25) is 24.3 Å². The van der Waals surface area contributed by atoms with E-state index in [1.165, 1.54) is 29.4 Å². The zero-order valence-corrected chi connectivity index (χ0v) is 23.2. The first-order valence-electron chi connectivity index (χ1n) is 13.1. The summed E-state index contributed by atoms with van der Waals surface area (Å²) in [5, 5.41) is 0. The van der Waals surface area contributed by atoms with Crippen molar-refractivity contribution in [1.29, 1.82) is 0 Å². The molecule has 12 heteroatoms. The van der Waals surface area contributed by atoms with Crippen molar-refractivity contribution in [2.45, 2.75) is 46.5 Å². The number of aromatic nitrogens is 2. The number of aryl methyl sites for hydroxylation is 1. The van der Waals surface area contributed by atoms with E-state index in [0.29, 0.717) is 33.7 Å². The molecule has 3 amide bonds. The van der Waals surface area contributed by atoms with Gasteiger partial charge in [-0.15, -0.1) is 11.3 Å². The van der Waals surface area contributed by atoms with Gasteiger partial charge in [0.05, 0.1) is 39.9 Å². The number of nitrogens with zero attached hydrogens (tertiary/aromatic N) is 4. The lowest BCUT2D eigenvalue weighted by Crippen LogP contribution is -2.35. The molecule has 210 valence electrons. The van der Waals surface area contributed by atoms with Crippen LogP contribution < -0.4 is 5.73 Å². The summed E-state index contributed by atoms with van der Waals surface area (Å²) in [6.45, 7) is 7.97. The van der Waals surface area contributed by atoms with E-state index in [0.717, 1.165) is 6.07 Å². The Morgan fingerprint density at radius 2 is 1.85 bits per heavy atom. The zero-order valence-electron chi connectivity index (χ0n) is 22.4. The molecule has 1 aliphatic carbocycles. The van der Waals surface area contributed by atoms with Crippen LogP contribution in [0, 0.1) is 30.1 Å². The lowest BCUT2D eigenvalue weighted by molar-refractivity contribution is -0.144. The van der Waals surface area contributed by atoms with Crippen LogP contribution in [0.1, 0.15) is 47.3 Å². The van der Waals surface area contributed by atoms with Crippen LogP contribution in [0.25, 0.3) is 21.5 Å². The number of imide groups is 1. The number of hydrogen-bond donors (Lipinski definition) is 1. The fraction of sp³-hybridized carbons (Fsp3) is 0.464. The number of nitrogens with two attached hydrogens (primary N) is 1. The molecule has 3 aliphatic rings. The molecule has 2 aliphatic heterocycles. The van der Waals surface area contributed by atoms with Crippen molar-refractivity contribution in [3.05, 3.63) is 46.1 Å². The molecule has 0 bridgehead atoms. The second-order valence-electron chi connectivity index (χ2n) is 11.7. The molecule has 3 fully saturated rings. The maximum Gasteiger partial charge on any atom is 0.433 e. The predicted octanol–water partition coefficient (Wildman–Crippen LogP) is 4.25. The summed E-state index contributed by atoms with van der Waals surface area (Å²) in [5.74, 6) is -1.40. The third-order valence-electron chi connectivity index (χ3n) is 8.60. The molecule has 2 saturated heterocycles. The van der Waals surface area contributed by atoms with E-state index < -0.39 is 17.8 Å².